The lowest BCUT2D eigenvalue weighted by molar-refractivity contribution is 0.272. The minimum atomic E-state index is 0.251. The molecular weight excluding hydrogens is 194 g/mol. The Morgan fingerprint density at radius 3 is 2.31 bits per heavy atom. The number of aryl methyl sites for hydroxylation is 1. The summed E-state index contributed by atoms with van der Waals surface area (Å²) in [4.78, 5) is 0. The molecule has 0 aliphatic rings. The van der Waals surface area contributed by atoms with Crippen LogP contribution in [0, 0.1) is 12.3 Å². The Kier molecular flexibility index (Phi) is 4.55. The van der Waals surface area contributed by atoms with E-state index in [9.17, 15) is 0 Å². The molecule has 0 saturated carbocycles. The van der Waals surface area contributed by atoms with Crippen molar-refractivity contribution >= 4 is 0 Å². The molecule has 1 nitrogen and oxygen atoms in total. The largest absolute Gasteiger partial charge is 0.309 e. The van der Waals surface area contributed by atoms with Gasteiger partial charge in [-0.3, -0.25) is 0 Å². The number of hydrogen-bond acceptors (Lipinski definition) is 1. The first-order chi connectivity index (χ1) is 7.46. The molecule has 1 unspecified atom stereocenters. The van der Waals surface area contributed by atoms with Crippen molar-refractivity contribution in [1.29, 1.82) is 0 Å². The van der Waals surface area contributed by atoms with Gasteiger partial charge in [-0.25, -0.2) is 0 Å². The smallest absolute Gasteiger partial charge is 0.0371 e. The second kappa shape index (κ2) is 5.49. The zero-order chi connectivity index (χ0) is 12.2. The molecule has 0 bridgehead atoms. The quantitative estimate of drug-likeness (QED) is 0.804. The van der Waals surface area contributed by atoms with Gasteiger partial charge in [0.1, 0.15) is 0 Å². The van der Waals surface area contributed by atoms with Gasteiger partial charge in [0.05, 0.1) is 0 Å². The van der Waals surface area contributed by atoms with Gasteiger partial charge in [0.15, 0.2) is 0 Å². The zero-order valence-corrected chi connectivity index (χ0v) is 11.3. The third-order valence-corrected chi connectivity index (χ3v) is 2.96. The number of nitrogens with one attached hydrogen (secondary N) is 1. The summed E-state index contributed by atoms with van der Waals surface area (Å²) < 4.78 is 0. The van der Waals surface area contributed by atoms with Crippen LogP contribution in [0.4, 0.5) is 0 Å². The summed E-state index contributed by atoms with van der Waals surface area (Å²) in [5.74, 6) is 0. The van der Waals surface area contributed by atoms with E-state index in [1.54, 1.807) is 0 Å². The number of rotatable bonds is 4. The highest BCUT2D eigenvalue weighted by atomic mass is 14.9. The van der Waals surface area contributed by atoms with Crippen molar-refractivity contribution in [3.63, 3.8) is 0 Å². The first-order valence-corrected chi connectivity index (χ1v) is 6.25. The summed E-state index contributed by atoms with van der Waals surface area (Å²) in [6.07, 6.45) is 1.18. The molecule has 1 heteroatoms. The predicted molar refractivity (Wildman–Crippen MR) is 71.7 cm³/mol. The fourth-order valence-corrected chi connectivity index (χ4v) is 2.08. The van der Waals surface area contributed by atoms with Crippen LogP contribution in [0.1, 0.15) is 51.3 Å². The predicted octanol–water partition coefficient (Wildman–Crippen LogP) is 4.08. The Labute approximate surface area is 100 Å². The minimum Gasteiger partial charge on any atom is -0.309 e. The van der Waals surface area contributed by atoms with Crippen LogP contribution in [0.3, 0.4) is 0 Å². The zero-order valence-electron chi connectivity index (χ0n) is 11.3. The lowest BCUT2D eigenvalue weighted by Gasteiger charge is -2.33. The molecule has 0 aliphatic heterocycles. The van der Waals surface area contributed by atoms with Gasteiger partial charge in [0.2, 0.25) is 0 Å². The van der Waals surface area contributed by atoms with E-state index >= 15 is 0 Å². The fraction of sp³-hybridized carbons (Fsp3) is 0.600. The molecule has 1 atom stereocenters. The van der Waals surface area contributed by atoms with E-state index in [0.29, 0.717) is 6.04 Å². The summed E-state index contributed by atoms with van der Waals surface area (Å²) in [6.45, 7) is 12.4. The van der Waals surface area contributed by atoms with Gasteiger partial charge >= 0.3 is 0 Å². The van der Waals surface area contributed by atoms with Crippen molar-refractivity contribution in [1.82, 2.24) is 5.32 Å². The van der Waals surface area contributed by atoms with E-state index in [0.717, 1.165) is 6.54 Å². The molecule has 0 spiro atoms. The van der Waals surface area contributed by atoms with Gasteiger partial charge < -0.3 is 5.32 Å². The summed E-state index contributed by atoms with van der Waals surface area (Å²) in [7, 11) is 0. The van der Waals surface area contributed by atoms with Crippen LogP contribution in [0.2, 0.25) is 0 Å². The maximum atomic E-state index is 3.67. The molecule has 0 aromatic heterocycles. The maximum absolute atomic E-state index is 3.67. The molecule has 0 amide bonds. The van der Waals surface area contributed by atoms with Crippen LogP contribution in [0.25, 0.3) is 0 Å². The second-order valence-electron chi connectivity index (χ2n) is 5.61. The standard InChI is InChI=1S/C15H25N/c1-6-11-16-14(15(3,4)5)13-10-8-7-9-12(13)2/h7-10,14,16H,6,11H2,1-5H3. The maximum Gasteiger partial charge on any atom is 0.0371 e. The van der Waals surface area contributed by atoms with Crippen LogP contribution < -0.4 is 5.32 Å². The lowest BCUT2D eigenvalue weighted by Crippen LogP contribution is -2.33. The fourth-order valence-electron chi connectivity index (χ4n) is 2.08. The van der Waals surface area contributed by atoms with Crippen LogP contribution >= 0.6 is 0 Å². The summed E-state index contributed by atoms with van der Waals surface area (Å²) in [5.41, 5.74) is 3.07. The second-order valence-corrected chi connectivity index (χ2v) is 5.61. The van der Waals surface area contributed by atoms with Gasteiger partial charge in [-0.1, -0.05) is 52.0 Å². The van der Waals surface area contributed by atoms with E-state index in [1.807, 2.05) is 0 Å². The van der Waals surface area contributed by atoms with E-state index in [1.165, 1.54) is 17.5 Å². The molecule has 1 aromatic rings. The monoisotopic (exact) mass is 219 g/mol. The average molecular weight is 219 g/mol. The first-order valence-electron chi connectivity index (χ1n) is 6.25. The lowest BCUT2D eigenvalue weighted by atomic mass is 9.81. The summed E-state index contributed by atoms with van der Waals surface area (Å²) in [5, 5.41) is 3.67. The van der Waals surface area contributed by atoms with Gasteiger partial charge in [-0.15, -0.1) is 0 Å². The molecule has 0 fully saturated rings. The van der Waals surface area contributed by atoms with E-state index in [-0.39, 0.29) is 5.41 Å². The van der Waals surface area contributed by atoms with Crippen molar-refractivity contribution in [3.8, 4) is 0 Å². The molecule has 1 rings (SSSR count). The van der Waals surface area contributed by atoms with Gasteiger partial charge in [-0.05, 0) is 36.4 Å². The van der Waals surface area contributed by atoms with Crippen molar-refractivity contribution in [2.75, 3.05) is 6.54 Å². The topological polar surface area (TPSA) is 12.0 Å². The molecule has 0 saturated heterocycles. The molecule has 16 heavy (non-hydrogen) atoms. The molecule has 0 heterocycles. The molecular formula is C15H25N. The van der Waals surface area contributed by atoms with Crippen LogP contribution in [0.15, 0.2) is 24.3 Å². The van der Waals surface area contributed by atoms with Crippen LogP contribution in [-0.2, 0) is 0 Å². The molecule has 1 aromatic carbocycles. The third-order valence-electron chi connectivity index (χ3n) is 2.96. The summed E-state index contributed by atoms with van der Waals surface area (Å²) >= 11 is 0. The minimum absolute atomic E-state index is 0.251. The third kappa shape index (κ3) is 3.34. The Morgan fingerprint density at radius 1 is 1.19 bits per heavy atom. The summed E-state index contributed by atoms with van der Waals surface area (Å²) in [6, 6.07) is 9.12. The molecule has 0 aliphatic carbocycles. The van der Waals surface area contributed by atoms with Crippen molar-refractivity contribution in [2.24, 2.45) is 5.41 Å². The van der Waals surface area contributed by atoms with Gasteiger partial charge in [-0.2, -0.15) is 0 Å². The van der Waals surface area contributed by atoms with Crippen LogP contribution in [0.5, 0.6) is 0 Å². The molecule has 0 radical (unpaired) electrons. The Balaban J connectivity index is 2.97. The van der Waals surface area contributed by atoms with Crippen molar-refractivity contribution in [2.45, 2.75) is 47.1 Å². The number of hydrogen-bond donors (Lipinski definition) is 1. The SMILES string of the molecule is CCCNC(c1ccccc1C)C(C)(C)C. The Morgan fingerprint density at radius 2 is 1.81 bits per heavy atom. The van der Waals surface area contributed by atoms with Crippen LogP contribution in [-0.4, -0.2) is 6.54 Å². The Hall–Kier alpha value is -0.820. The van der Waals surface area contributed by atoms with Crippen molar-refractivity contribution < 1.29 is 0 Å². The highest BCUT2D eigenvalue weighted by Crippen LogP contribution is 2.34. The first kappa shape index (κ1) is 13.2. The average Bonchev–Trinajstić information content (AvgIpc) is 2.19. The number of benzene rings is 1. The highest BCUT2D eigenvalue weighted by molar-refractivity contribution is 5.29. The van der Waals surface area contributed by atoms with E-state index < -0.39 is 0 Å². The highest BCUT2D eigenvalue weighted by Gasteiger charge is 2.26. The normalized spacial score (nSPS) is 13.8. The van der Waals surface area contributed by atoms with E-state index in [2.05, 4.69) is 64.2 Å². The Bertz CT molecular complexity index is 322. The van der Waals surface area contributed by atoms with Gasteiger partial charge in [0, 0.05) is 6.04 Å². The molecule has 90 valence electrons. The van der Waals surface area contributed by atoms with E-state index in [4.69, 9.17) is 0 Å². The molecule has 1 N–H and O–H groups in total. The van der Waals surface area contributed by atoms with Crippen molar-refractivity contribution in [3.05, 3.63) is 35.4 Å². The van der Waals surface area contributed by atoms with Gasteiger partial charge in [0.25, 0.3) is 0 Å².